The maximum Gasteiger partial charge on any atom is 0.166 e. The largest absolute Gasteiger partial charge is 0.385 e. The molecule has 0 amide bonds. The number of methoxy groups -OCH3 is 1. The molecule has 0 radical (unpaired) electrons. The summed E-state index contributed by atoms with van der Waals surface area (Å²) in [5.74, 6) is 0. The van der Waals surface area contributed by atoms with Gasteiger partial charge in [-0.1, -0.05) is 6.07 Å². The molecule has 2 rings (SSSR count). The zero-order valence-corrected chi connectivity index (χ0v) is 9.22. The van der Waals surface area contributed by atoms with Gasteiger partial charge in [-0.2, -0.15) is 0 Å². The molecule has 0 saturated heterocycles. The van der Waals surface area contributed by atoms with E-state index in [0.29, 0.717) is 5.69 Å². The number of aromatic nitrogens is 2. The third-order valence-electron chi connectivity index (χ3n) is 2.48. The van der Waals surface area contributed by atoms with E-state index >= 15 is 0 Å². The Morgan fingerprint density at radius 1 is 1.50 bits per heavy atom. The van der Waals surface area contributed by atoms with Crippen LogP contribution in [-0.4, -0.2) is 29.4 Å². The maximum absolute atomic E-state index is 10.8. The minimum Gasteiger partial charge on any atom is -0.385 e. The van der Waals surface area contributed by atoms with Gasteiger partial charge in [0.15, 0.2) is 6.29 Å². The number of aldehydes is 1. The zero-order valence-electron chi connectivity index (χ0n) is 9.22. The molecule has 2 aromatic rings. The molecule has 0 N–H and O–H groups in total. The van der Waals surface area contributed by atoms with Crippen LogP contribution < -0.4 is 0 Å². The number of carbonyl (C=O) groups excluding carboxylic acids is 1. The number of imidazole rings is 1. The van der Waals surface area contributed by atoms with E-state index < -0.39 is 0 Å². The fourth-order valence-corrected chi connectivity index (χ4v) is 1.70. The summed E-state index contributed by atoms with van der Waals surface area (Å²) in [6.45, 7) is 0.731. The highest BCUT2D eigenvalue weighted by molar-refractivity contribution is 5.73. The second kappa shape index (κ2) is 4.90. The molecule has 2 aromatic heterocycles. The average Bonchev–Trinajstić information content (AvgIpc) is 2.71. The lowest BCUT2D eigenvalue weighted by Gasteiger charge is -1.95. The molecule has 0 atom stereocenters. The fraction of sp³-hybridized carbons (Fsp3) is 0.333. The van der Waals surface area contributed by atoms with Gasteiger partial charge in [0.1, 0.15) is 5.65 Å². The highest BCUT2D eigenvalue weighted by Crippen LogP contribution is 2.09. The first-order valence-electron chi connectivity index (χ1n) is 5.26. The summed E-state index contributed by atoms with van der Waals surface area (Å²) < 4.78 is 6.81. The van der Waals surface area contributed by atoms with Crippen LogP contribution >= 0.6 is 0 Å². The molecule has 0 aromatic carbocycles. The summed E-state index contributed by atoms with van der Waals surface area (Å²) in [7, 11) is 1.69. The van der Waals surface area contributed by atoms with E-state index in [1.807, 2.05) is 22.7 Å². The summed E-state index contributed by atoms with van der Waals surface area (Å²) in [5.41, 5.74) is 2.44. The van der Waals surface area contributed by atoms with E-state index in [1.54, 1.807) is 13.2 Å². The predicted molar refractivity (Wildman–Crippen MR) is 60.8 cm³/mol. The van der Waals surface area contributed by atoms with Crippen LogP contribution in [-0.2, 0) is 11.2 Å². The van der Waals surface area contributed by atoms with Crippen LogP contribution in [0.2, 0.25) is 0 Å². The average molecular weight is 218 g/mol. The normalized spacial score (nSPS) is 10.8. The van der Waals surface area contributed by atoms with Crippen molar-refractivity contribution in [2.45, 2.75) is 12.8 Å². The summed E-state index contributed by atoms with van der Waals surface area (Å²) in [6.07, 6.45) is 4.56. The molecule has 0 unspecified atom stereocenters. The van der Waals surface area contributed by atoms with Gasteiger partial charge < -0.3 is 4.74 Å². The van der Waals surface area contributed by atoms with Crippen LogP contribution in [0.25, 0.3) is 5.65 Å². The van der Waals surface area contributed by atoms with Crippen molar-refractivity contribution in [3.05, 3.63) is 35.8 Å². The molecule has 4 heteroatoms. The Balaban J connectivity index is 2.25. The smallest absolute Gasteiger partial charge is 0.166 e. The fourth-order valence-electron chi connectivity index (χ4n) is 1.70. The lowest BCUT2D eigenvalue weighted by Crippen LogP contribution is -1.93. The van der Waals surface area contributed by atoms with E-state index in [-0.39, 0.29) is 0 Å². The van der Waals surface area contributed by atoms with Crippen LogP contribution in [0.5, 0.6) is 0 Å². The maximum atomic E-state index is 10.8. The molecule has 0 aliphatic carbocycles. The lowest BCUT2D eigenvalue weighted by molar-refractivity contribution is 0.111. The molecule has 0 bridgehead atoms. The number of fused-ring (bicyclic) bond motifs is 1. The number of hydrogen-bond acceptors (Lipinski definition) is 3. The second-order valence-corrected chi connectivity index (χ2v) is 3.63. The van der Waals surface area contributed by atoms with Gasteiger partial charge in [-0.15, -0.1) is 0 Å². The lowest BCUT2D eigenvalue weighted by atomic mass is 10.2. The van der Waals surface area contributed by atoms with Gasteiger partial charge in [0.25, 0.3) is 0 Å². The van der Waals surface area contributed by atoms with Crippen molar-refractivity contribution in [3.8, 4) is 0 Å². The van der Waals surface area contributed by atoms with Crippen LogP contribution in [0.15, 0.2) is 24.4 Å². The first kappa shape index (κ1) is 10.8. The topological polar surface area (TPSA) is 43.6 Å². The quantitative estimate of drug-likeness (QED) is 0.567. The highest BCUT2D eigenvalue weighted by Gasteiger charge is 2.04. The van der Waals surface area contributed by atoms with E-state index in [2.05, 4.69) is 4.98 Å². The molecular formula is C12H14N2O2. The molecular weight excluding hydrogens is 204 g/mol. The number of carbonyl (C=O) groups is 1. The molecule has 0 aliphatic heterocycles. The SMILES string of the molecule is COCCCc1cn2c(C=O)cccc2n1. The summed E-state index contributed by atoms with van der Waals surface area (Å²) in [5, 5.41) is 0. The molecule has 0 aliphatic rings. The van der Waals surface area contributed by atoms with Crippen LogP contribution in [0.1, 0.15) is 22.6 Å². The monoisotopic (exact) mass is 218 g/mol. The Morgan fingerprint density at radius 2 is 2.38 bits per heavy atom. The zero-order chi connectivity index (χ0) is 11.4. The van der Waals surface area contributed by atoms with E-state index in [9.17, 15) is 4.79 Å². The Kier molecular flexibility index (Phi) is 3.31. The van der Waals surface area contributed by atoms with Crippen LogP contribution in [0.4, 0.5) is 0 Å². The molecule has 0 fully saturated rings. The first-order valence-corrected chi connectivity index (χ1v) is 5.26. The van der Waals surface area contributed by atoms with Gasteiger partial charge in [-0.05, 0) is 25.0 Å². The van der Waals surface area contributed by atoms with E-state index in [1.165, 1.54) is 0 Å². The standard InChI is InChI=1S/C12H14N2O2/c1-16-7-3-4-10-8-14-11(9-15)5-2-6-12(14)13-10/h2,5-6,8-9H,3-4,7H2,1H3. The van der Waals surface area contributed by atoms with Crippen molar-refractivity contribution in [2.24, 2.45) is 0 Å². The van der Waals surface area contributed by atoms with Crippen LogP contribution in [0.3, 0.4) is 0 Å². The highest BCUT2D eigenvalue weighted by atomic mass is 16.5. The van der Waals surface area contributed by atoms with Gasteiger partial charge in [-0.25, -0.2) is 4.98 Å². The number of ether oxygens (including phenoxy) is 1. The molecule has 0 spiro atoms. The van der Waals surface area contributed by atoms with Crippen molar-refractivity contribution in [1.29, 1.82) is 0 Å². The Bertz CT molecular complexity index is 491. The molecule has 2 heterocycles. The summed E-state index contributed by atoms with van der Waals surface area (Å²) in [6, 6.07) is 5.51. The van der Waals surface area contributed by atoms with E-state index in [4.69, 9.17) is 4.74 Å². The number of aryl methyl sites for hydroxylation is 1. The predicted octanol–water partition coefficient (Wildman–Crippen LogP) is 1.73. The Hall–Kier alpha value is -1.68. The molecule has 0 saturated carbocycles. The van der Waals surface area contributed by atoms with Crippen molar-refractivity contribution < 1.29 is 9.53 Å². The van der Waals surface area contributed by atoms with Crippen molar-refractivity contribution in [2.75, 3.05) is 13.7 Å². The Morgan fingerprint density at radius 3 is 3.12 bits per heavy atom. The summed E-state index contributed by atoms with van der Waals surface area (Å²) in [4.78, 5) is 15.3. The van der Waals surface area contributed by atoms with Crippen molar-refractivity contribution >= 4 is 11.9 Å². The van der Waals surface area contributed by atoms with E-state index in [0.717, 1.165) is 37.1 Å². The van der Waals surface area contributed by atoms with Crippen molar-refractivity contribution in [1.82, 2.24) is 9.38 Å². The number of nitrogens with zero attached hydrogens (tertiary/aromatic N) is 2. The number of pyridine rings is 1. The van der Waals surface area contributed by atoms with Gasteiger partial charge in [-0.3, -0.25) is 9.20 Å². The van der Waals surface area contributed by atoms with Gasteiger partial charge in [0.2, 0.25) is 0 Å². The minimum atomic E-state index is 0.628. The third-order valence-corrected chi connectivity index (χ3v) is 2.48. The Labute approximate surface area is 93.9 Å². The molecule has 84 valence electrons. The minimum absolute atomic E-state index is 0.628. The number of rotatable bonds is 5. The van der Waals surface area contributed by atoms with Crippen LogP contribution in [0, 0.1) is 0 Å². The molecule has 4 nitrogen and oxygen atoms in total. The second-order valence-electron chi connectivity index (χ2n) is 3.63. The first-order chi connectivity index (χ1) is 7.85. The van der Waals surface area contributed by atoms with Crippen molar-refractivity contribution in [3.63, 3.8) is 0 Å². The van der Waals surface area contributed by atoms with Gasteiger partial charge in [0.05, 0.1) is 11.4 Å². The third kappa shape index (κ3) is 2.12. The summed E-state index contributed by atoms with van der Waals surface area (Å²) >= 11 is 0. The molecule has 16 heavy (non-hydrogen) atoms. The number of hydrogen-bond donors (Lipinski definition) is 0. The van der Waals surface area contributed by atoms with Gasteiger partial charge >= 0.3 is 0 Å². The van der Waals surface area contributed by atoms with Gasteiger partial charge in [0, 0.05) is 19.9 Å².